The Morgan fingerprint density at radius 1 is 0.437 bits per heavy atom. The molecule has 11 aromatic carbocycles. The zero-order valence-electron chi connectivity index (χ0n) is 40.7. The molecule has 0 amide bonds. The normalized spacial score (nSPS) is 13.2. The third kappa shape index (κ3) is 6.92. The molecule has 1 atom stereocenters. The molecule has 1 aromatic heterocycles. The van der Waals surface area contributed by atoms with Crippen LogP contribution in [0.5, 0.6) is 0 Å². The Morgan fingerprint density at radius 2 is 1.06 bits per heavy atom. The fraction of sp³-hybridized carbons (Fsp3) is 0.101. The van der Waals surface area contributed by atoms with Gasteiger partial charge in [0.05, 0.1) is 5.69 Å². The van der Waals surface area contributed by atoms with Crippen molar-refractivity contribution in [2.24, 2.45) is 0 Å². The van der Waals surface area contributed by atoms with E-state index in [4.69, 9.17) is 0 Å². The third-order valence-corrected chi connectivity index (χ3v) is 15.6. The summed E-state index contributed by atoms with van der Waals surface area (Å²) in [5, 5.41) is 7.63. The predicted molar refractivity (Wildman–Crippen MR) is 302 cm³/mol. The first kappa shape index (κ1) is 42.6. The molecule has 340 valence electrons. The maximum absolute atomic E-state index is 2.56. The minimum Gasteiger partial charge on any atom is -0.341 e. The second-order valence-corrected chi connectivity index (χ2v) is 19.9. The molecule has 13 rings (SSSR count). The average Bonchev–Trinajstić information content (AvgIpc) is 3.86. The first-order valence-electron chi connectivity index (χ1n) is 25.2. The van der Waals surface area contributed by atoms with Crippen molar-refractivity contribution in [3.05, 3.63) is 270 Å². The van der Waals surface area contributed by atoms with Crippen LogP contribution >= 0.6 is 0 Å². The standard InChI is InChI=1S/C69H54N2/c1-5-70-64-30-17-16-27-57(64)61-42-50(36-40-65(61)70)67(60-41-49(32-31-45(60)2)46-19-8-6-9-20-46)51-35-39-59-62(43-51)69(3,4)63-44-66(56-26-14-15-28-58(56)68(59)63)71(52-23-10-7-11-24-52)53-37-33-48(34-38-53)55-29-18-22-47-21-12-13-25-54(47)55/h6-44,67H,5H2,1-4H3. The zero-order valence-corrected chi connectivity index (χ0v) is 40.7. The lowest BCUT2D eigenvalue weighted by molar-refractivity contribution is 0.659. The molecule has 0 bridgehead atoms. The summed E-state index contributed by atoms with van der Waals surface area (Å²) in [6.45, 7) is 10.3. The number of para-hydroxylation sites is 2. The van der Waals surface area contributed by atoms with Crippen LogP contribution < -0.4 is 4.90 Å². The van der Waals surface area contributed by atoms with Gasteiger partial charge in [-0.1, -0.05) is 196 Å². The average molecular weight is 911 g/mol. The molecule has 2 heteroatoms. The lowest BCUT2D eigenvalue weighted by atomic mass is 9.77. The summed E-state index contributed by atoms with van der Waals surface area (Å²) in [4.78, 5) is 2.46. The van der Waals surface area contributed by atoms with Gasteiger partial charge in [-0.15, -0.1) is 0 Å². The predicted octanol–water partition coefficient (Wildman–Crippen LogP) is 18.7. The maximum atomic E-state index is 2.56. The highest BCUT2D eigenvalue weighted by molar-refractivity contribution is 6.11. The molecule has 0 N–H and O–H groups in total. The van der Waals surface area contributed by atoms with E-state index in [-0.39, 0.29) is 11.3 Å². The van der Waals surface area contributed by atoms with Crippen molar-refractivity contribution >= 4 is 60.4 Å². The molecule has 1 unspecified atom stereocenters. The molecular weight excluding hydrogens is 857 g/mol. The van der Waals surface area contributed by atoms with Gasteiger partial charge in [0.2, 0.25) is 0 Å². The van der Waals surface area contributed by atoms with E-state index in [9.17, 15) is 0 Å². The van der Waals surface area contributed by atoms with Gasteiger partial charge in [-0.05, 0) is 151 Å². The molecule has 0 spiro atoms. The Balaban J connectivity index is 0.980. The summed E-state index contributed by atoms with van der Waals surface area (Å²) >= 11 is 0. The highest BCUT2D eigenvalue weighted by Crippen LogP contribution is 2.56. The first-order chi connectivity index (χ1) is 34.9. The number of fused-ring (bicyclic) bond motifs is 9. The van der Waals surface area contributed by atoms with Crippen molar-refractivity contribution in [3.8, 4) is 33.4 Å². The van der Waals surface area contributed by atoms with Gasteiger partial charge in [0.25, 0.3) is 0 Å². The van der Waals surface area contributed by atoms with E-state index in [0.717, 1.165) is 17.9 Å². The minimum absolute atomic E-state index is 0.00524. The van der Waals surface area contributed by atoms with E-state index in [1.807, 2.05) is 0 Å². The molecule has 0 saturated heterocycles. The SMILES string of the molecule is CCn1c2ccccc2c2cc(C(c3ccc4c(c3)C(C)(C)c3cc(N(c5ccccc5)c5ccc(-c6cccc7ccccc67)cc5)c5ccccc5c3-4)c3cc(-c4ccccc4)ccc3C)ccc21. The molecule has 71 heavy (non-hydrogen) atoms. The van der Waals surface area contributed by atoms with Gasteiger partial charge in [0, 0.05) is 56.4 Å². The third-order valence-electron chi connectivity index (χ3n) is 15.6. The lowest BCUT2D eigenvalue weighted by Gasteiger charge is -2.30. The van der Waals surface area contributed by atoms with Crippen LogP contribution in [0.15, 0.2) is 237 Å². The number of anilines is 3. The molecule has 0 saturated carbocycles. The fourth-order valence-corrected chi connectivity index (χ4v) is 12.1. The number of rotatable bonds is 9. The van der Waals surface area contributed by atoms with Crippen molar-refractivity contribution in [2.75, 3.05) is 4.90 Å². The molecule has 2 nitrogen and oxygen atoms in total. The summed E-state index contributed by atoms with van der Waals surface area (Å²) < 4.78 is 2.46. The van der Waals surface area contributed by atoms with E-state index in [1.54, 1.807) is 0 Å². The second-order valence-electron chi connectivity index (χ2n) is 19.9. The van der Waals surface area contributed by atoms with Crippen LogP contribution in [-0.4, -0.2) is 4.57 Å². The van der Waals surface area contributed by atoms with Gasteiger partial charge in [0.15, 0.2) is 0 Å². The number of aromatic nitrogens is 1. The molecular formula is C69H54N2. The molecule has 0 aliphatic heterocycles. The first-order valence-corrected chi connectivity index (χ1v) is 25.2. The van der Waals surface area contributed by atoms with Crippen LogP contribution in [-0.2, 0) is 12.0 Å². The summed E-state index contributed by atoms with van der Waals surface area (Å²) in [5.74, 6) is -0.00524. The van der Waals surface area contributed by atoms with Crippen molar-refractivity contribution in [2.45, 2.75) is 45.6 Å². The van der Waals surface area contributed by atoms with Crippen LogP contribution in [0.4, 0.5) is 17.1 Å². The van der Waals surface area contributed by atoms with Crippen molar-refractivity contribution in [1.29, 1.82) is 0 Å². The Bertz CT molecular complexity index is 4000. The summed E-state index contributed by atoms with van der Waals surface area (Å²) in [6, 6.07) is 88.4. The largest absolute Gasteiger partial charge is 0.341 e. The van der Waals surface area contributed by atoms with Gasteiger partial charge in [0.1, 0.15) is 0 Å². The monoisotopic (exact) mass is 910 g/mol. The number of hydrogen-bond donors (Lipinski definition) is 0. The molecule has 1 aliphatic carbocycles. The fourth-order valence-electron chi connectivity index (χ4n) is 12.1. The highest BCUT2D eigenvalue weighted by Gasteiger charge is 2.39. The van der Waals surface area contributed by atoms with Gasteiger partial charge < -0.3 is 9.47 Å². The Hall–Kier alpha value is -8.46. The van der Waals surface area contributed by atoms with E-state index >= 15 is 0 Å². The number of nitrogens with zero attached hydrogens (tertiary/aromatic N) is 2. The molecule has 12 aromatic rings. The van der Waals surface area contributed by atoms with Crippen molar-refractivity contribution in [1.82, 2.24) is 4.57 Å². The van der Waals surface area contributed by atoms with Gasteiger partial charge in [-0.3, -0.25) is 0 Å². The molecule has 1 aliphatic rings. The van der Waals surface area contributed by atoms with Gasteiger partial charge in [-0.2, -0.15) is 0 Å². The maximum Gasteiger partial charge on any atom is 0.0543 e. The van der Waals surface area contributed by atoms with Crippen LogP contribution in [0.3, 0.4) is 0 Å². The van der Waals surface area contributed by atoms with Crippen LogP contribution in [0.25, 0.3) is 76.7 Å². The van der Waals surface area contributed by atoms with Crippen LogP contribution in [0.2, 0.25) is 0 Å². The lowest BCUT2D eigenvalue weighted by Crippen LogP contribution is -2.17. The Kier molecular flexibility index (Phi) is 10.1. The summed E-state index contributed by atoms with van der Waals surface area (Å²) in [7, 11) is 0. The Morgan fingerprint density at radius 3 is 1.85 bits per heavy atom. The minimum atomic E-state index is -0.302. The van der Waals surface area contributed by atoms with E-state index in [1.165, 1.54) is 116 Å². The number of benzene rings is 11. The Labute approximate surface area is 416 Å². The topological polar surface area (TPSA) is 8.17 Å². The van der Waals surface area contributed by atoms with Crippen molar-refractivity contribution in [3.63, 3.8) is 0 Å². The summed E-state index contributed by atoms with van der Waals surface area (Å²) in [5.41, 5.74) is 21.2. The van der Waals surface area contributed by atoms with Gasteiger partial charge in [-0.25, -0.2) is 0 Å². The molecule has 1 heterocycles. The summed E-state index contributed by atoms with van der Waals surface area (Å²) in [6.07, 6.45) is 0. The zero-order chi connectivity index (χ0) is 47.8. The number of hydrogen-bond acceptors (Lipinski definition) is 1. The number of aryl methyl sites for hydroxylation is 2. The van der Waals surface area contributed by atoms with Crippen LogP contribution in [0, 0.1) is 6.92 Å². The quantitative estimate of drug-likeness (QED) is 0.131. The molecule has 0 radical (unpaired) electrons. The van der Waals surface area contributed by atoms with Crippen molar-refractivity contribution < 1.29 is 0 Å². The molecule has 0 fully saturated rings. The second kappa shape index (κ2) is 16.9. The van der Waals surface area contributed by atoms with E-state index in [0.29, 0.717) is 0 Å². The van der Waals surface area contributed by atoms with E-state index < -0.39 is 0 Å². The van der Waals surface area contributed by atoms with Crippen LogP contribution in [0.1, 0.15) is 60.1 Å². The van der Waals surface area contributed by atoms with E-state index in [2.05, 4.69) is 274 Å². The van der Waals surface area contributed by atoms with Gasteiger partial charge >= 0.3 is 0 Å². The highest BCUT2D eigenvalue weighted by atomic mass is 15.1. The smallest absolute Gasteiger partial charge is 0.0543 e.